The van der Waals surface area contributed by atoms with Gasteiger partial charge in [-0.05, 0) is 63.4 Å². The van der Waals surface area contributed by atoms with Crippen molar-refractivity contribution in [3.05, 3.63) is 65.2 Å². The summed E-state index contributed by atoms with van der Waals surface area (Å²) in [6, 6.07) is 14.9. The number of carbonyl (C=O) groups excluding carboxylic acids is 2. The van der Waals surface area contributed by atoms with E-state index in [-0.39, 0.29) is 24.5 Å². The van der Waals surface area contributed by atoms with Crippen molar-refractivity contribution in [1.29, 1.82) is 0 Å². The lowest BCUT2D eigenvalue weighted by Crippen LogP contribution is -2.50. The van der Waals surface area contributed by atoms with Gasteiger partial charge in [0.1, 0.15) is 11.8 Å². The Kier molecular flexibility index (Phi) is 7.61. The SMILES string of the molecule is Cc1cc(C)cc(OCC(=O)N(Cc2ccccc2)C(C)C(=O)NC(C)C)c1. The zero-order valence-corrected chi connectivity index (χ0v) is 17.4. The fourth-order valence-corrected chi connectivity index (χ4v) is 3.01. The number of rotatable bonds is 8. The van der Waals surface area contributed by atoms with E-state index in [0.717, 1.165) is 16.7 Å². The Hall–Kier alpha value is -2.82. The average Bonchev–Trinajstić information content (AvgIpc) is 2.63. The number of benzene rings is 2. The molecular weight excluding hydrogens is 352 g/mol. The minimum Gasteiger partial charge on any atom is -0.484 e. The maximum absolute atomic E-state index is 12.9. The van der Waals surface area contributed by atoms with Crippen molar-refractivity contribution in [2.75, 3.05) is 6.61 Å². The van der Waals surface area contributed by atoms with E-state index in [1.165, 1.54) is 0 Å². The Labute approximate surface area is 167 Å². The average molecular weight is 383 g/mol. The molecule has 28 heavy (non-hydrogen) atoms. The second-order valence-electron chi connectivity index (χ2n) is 7.46. The molecule has 0 aliphatic rings. The molecule has 2 aromatic carbocycles. The van der Waals surface area contributed by atoms with Crippen molar-refractivity contribution in [3.8, 4) is 5.75 Å². The molecule has 0 saturated heterocycles. The van der Waals surface area contributed by atoms with Gasteiger partial charge in [0.15, 0.2) is 6.61 Å². The predicted molar refractivity (Wildman–Crippen MR) is 111 cm³/mol. The van der Waals surface area contributed by atoms with Crippen molar-refractivity contribution in [2.45, 2.75) is 53.2 Å². The number of hydrogen-bond donors (Lipinski definition) is 1. The van der Waals surface area contributed by atoms with Gasteiger partial charge >= 0.3 is 0 Å². The number of carbonyl (C=O) groups is 2. The largest absolute Gasteiger partial charge is 0.484 e. The molecule has 1 unspecified atom stereocenters. The summed E-state index contributed by atoms with van der Waals surface area (Å²) >= 11 is 0. The van der Waals surface area contributed by atoms with Gasteiger partial charge in [-0.2, -0.15) is 0 Å². The lowest BCUT2D eigenvalue weighted by molar-refractivity contribution is -0.142. The molecule has 0 radical (unpaired) electrons. The third kappa shape index (κ3) is 6.41. The molecule has 0 aliphatic carbocycles. The van der Waals surface area contributed by atoms with Crippen molar-refractivity contribution in [1.82, 2.24) is 10.2 Å². The molecular formula is C23H30N2O3. The summed E-state index contributed by atoms with van der Waals surface area (Å²) in [4.78, 5) is 27.0. The topological polar surface area (TPSA) is 58.6 Å². The first kappa shape index (κ1) is 21.5. The van der Waals surface area contributed by atoms with Crippen LogP contribution in [0.1, 0.15) is 37.5 Å². The van der Waals surface area contributed by atoms with E-state index in [4.69, 9.17) is 4.74 Å². The van der Waals surface area contributed by atoms with E-state index in [0.29, 0.717) is 12.3 Å². The first-order valence-corrected chi connectivity index (χ1v) is 9.61. The summed E-state index contributed by atoms with van der Waals surface area (Å²) < 4.78 is 5.74. The summed E-state index contributed by atoms with van der Waals surface area (Å²) in [5.74, 6) is 0.255. The Bertz CT molecular complexity index is 782. The van der Waals surface area contributed by atoms with Crippen molar-refractivity contribution >= 4 is 11.8 Å². The van der Waals surface area contributed by atoms with Gasteiger partial charge in [-0.25, -0.2) is 0 Å². The highest BCUT2D eigenvalue weighted by molar-refractivity contribution is 5.88. The number of ether oxygens (including phenoxy) is 1. The van der Waals surface area contributed by atoms with Gasteiger partial charge in [-0.15, -0.1) is 0 Å². The second kappa shape index (κ2) is 9.93. The molecule has 0 aliphatic heterocycles. The number of nitrogens with one attached hydrogen (secondary N) is 1. The predicted octanol–water partition coefficient (Wildman–Crippen LogP) is 3.62. The van der Waals surface area contributed by atoms with Gasteiger partial charge in [-0.1, -0.05) is 36.4 Å². The van der Waals surface area contributed by atoms with E-state index < -0.39 is 6.04 Å². The standard InChI is InChI=1S/C23H30N2O3/c1-16(2)24-23(27)19(5)25(14-20-9-7-6-8-10-20)22(26)15-28-21-12-17(3)11-18(4)13-21/h6-13,16,19H,14-15H2,1-5H3,(H,24,27). The zero-order valence-electron chi connectivity index (χ0n) is 17.4. The van der Waals surface area contributed by atoms with Crippen LogP contribution in [0.25, 0.3) is 0 Å². The summed E-state index contributed by atoms with van der Waals surface area (Å²) in [6.07, 6.45) is 0. The first-order chi connectivity index (χ1) is 13.3. The zero-order chi connectivity index (χ0) is 20.7. The normalized spacial score (nSPS) is 11.8. The molecule has 0 aromatic heterocycles. The summed E-state index contributed by atoms with van der Waals surface area (Å²) in [6.45, 7) is 9.75. The fraction of sp³-hybridized carbons (Fsp3) is 0.391. The van der Waals surface area contributed by atoms with Crippen molar-refractivity contribution in [2.24, 2.45) is 0 Å². The number of nitrogens with zero attached hydrogens (tertiary/aromatic N) is 1. The van der Waals surface area contributed by atoms with Gasteiger partial charge in [0, 0.05) is 12.6 Å². The third-order valence-electron chi connectivity index (χ3n) is 4.35. The molecule has 0 spiro atoms. The minimum atomic E-state index is -0.599. The number of aryl methyl sites for hydroxylation is 2. The van der Waals surface area contributed by atoms with E-state index in [2.05, 4.69) is 11.4 Å². The van der Waals surface area contributed by atoms with Crippen LogP contribution in [-0.2, 0) is 16.1 Å². The van der Waals surface area contributed by atoms with Crippen LogP contribution < -0.4 is 10.1 Å². The first-order valence-electron chi connectivity index (χ1n) is 9.61. The van der Waals surface area contributed by atoms with Crippen LogP contribution in [0.4, 0.5) is 0 Å². The van der Waals surface area contributed by atoms with Crippen LogP contribution in [0.5, 0.6) is 5.75 Å². The third-order valence-corrected chi connectivity index (χ3v) is 4.35. The molecule has 0 heterocycles. The molecule has 2 amide bonds. The van der Waals surface area contributed by atoms with Gasteiger partial charge in [-0.3, -0.25) is 9.59 Å². The lowest BCUT2D eigenvalue weighted by atomic mass is 10.1. The molecule has 2 rings (SSSR count). The molecule has 150 valence electrons. The quantitative estimate of drug-likeness (QED) is 0.759. The van der Waals surface area contributed by atoms with Crippen LogP contribution in [0.15, 0.2) is 48.5 Å². The van der Waals surface area contributed by atoms with Crippen LogP contribution in [0.2, 0.25) is 0 Å². The highest BCUT2D eigenvalue weighted by atomic mass is 16.5. The summed E-state index contributed by atoms with van der Waals surface area (Å²) in [7, 11) is 0. The van der Waals surface area contributed by atoms with Gasteiger partial charge in [0.05, 0.1) is 0 Å². The van der Waals surface area contributed by atoms with E-state index in [1.807, 2.05) is 70.2 Å². The molecule has 1 atom stereocenters. The molecule has 1 N–H and O–H groups in total. The summed E-state index contributed by atoms with van der Waals surface area (Å²) in [5, 5.41) is 2.88. The number of amides is 2. The Balaban J connectivity index is 2.14. The van der Waals surface area contributed by atoms with E-state index >= 15 is 0 Å². The highest BCUT2D eigenvalue weighted by Gasteiger charge is 2.26. The molecule has 2 aromatic rings. The minimum absolute atomic E-state index is 0.00939. The van der Waals surface area contributed by atoms with E-state index in [1.54, 1.807) is 11.8 Å². The number of hydrogen-bond acceptors (Lipinski definition) is 3. The maximum Gasteiger partial charge on any atom is 0.261 e. The van der Waals surface area contributed by atoms with E-state index in [9.17, 15) is 9.59 Å². The Morgan fingerprint density at radius 1 is 1.00 bits per heavy atom. The maximum atomic E-state index is 12.9. The molecule has 0 bridgehead atoms. The highest BCUT2D eigenvalue weighted by Crippen LogP contribution is 2.17. The van der Waals surface area contributed by atoms with Crippen LogP contribution >= 0.6 is 0 Å². The lowest BCUT2D eigenvalue weighted by Gasteiger charge is -2.29. The second-order valence-corrected chi connectivity index (χ2v) is 7.46. The Morgan fingerprint density at radius 3 is 2.18 bits per heavy atom. The van der Waals surface area contributed by atoms with Crippen LogP contribution in [-0.4, -0.2) is 35.4 Å². The van der Waals surface area contributed by atoms with Gasteiger partial charge < -0.3 is 15.0 Å². The summed E-state index contributed by atoms with van der Waals surface area (Å²) in [5.41, 5.74) is 3.12. The smallest absolute Gasteiger partial charge is 0.261 e. The van der Waals surface area contributed by atoms with Crippen molar-refractivity contribution in [3.63, 3.8) is 0 Å². The van der Waals surface area contributed by atoms with Crippen molar-refractivity contribution < 1.29 is 14.3 Å². The molecule has 0 saturated carbocycles. The fourth-order valence-electron chi connectivity index (χ4n) is 3.01. The van der Waals surface area contributed by atoms with Crippen LogP contribution in [0.3, 0.4) is 0 Å². The molecule has 5 nitrogen and oxygen atoms in total. The van der Waals surface area contributed by atoms with Crippen LogP contribution in [0, 0.1) is 13.8 Å². The van der Waals surface area contributed by atoms with Gasteiger partial charge in [0.2, 0.25) is 5.91 Å². The van der Waals surface area contributed by atoms with Gasteiger partial charge in [0.25, 0.3) is 5.91 Å². The molecule has 5 heteroatoms. The Morgan fingerprint density at radius 2 is 1.61 bits per heavy atom. The molecule has 0 fully saturated rings. The monoisotopic (exact) mass is 382 g/mol.